The summed E-state index contributed by atoms with van der Waals surface area (Å²) in [5.74, 6) is -4.15. The summed E-state index contributed by atoms with van der Waals surface area (Å²) < 4.78 is 52.1. The molecule has 1 atom stereocenters. The van der Waals surface area contributed by atoms with Crippen molar-refractivity contribution in [2.75, 3.05) is 0 Å². The van der Waals surface area contributed by atoms with Crippen molar-refractivity contribution in [3.8, 4) is 0 Å². The summed E-state index contributed by atoms with van der Waals surface area (Å²) in [7, 11) is 0. The topological polar surface area (TPSA) is 0 Å². The molecule has 0 aromatic heterocycles. The van der Waals surface area contributed by atoms with E-state index in [4.69, 9.17) is 11.6 Å². The molecule has 0 fully saturated rings. The van der Waals surface area contributed by atoms with Gasteiger partial charge in [0.2, 0.25) is 0 Å². The van der Waals surface area contributed by atoms with E-state index in [1.54, 1.807) is 0 Å². The minimum atomic E-state index is -1.07. The molecule has 2 rings (SSSR count). The predicted molar refractivity (Wildman–Crippen MR) is 68.5 cm³/mol. The average Bonchev–Trinajstić information content (AvgIpc) is 2.36. The first kappa shape index (κ1) is 14.3. The van der Waals surface area contributed by atoms with E-state index in [0.29, 0.717) is 5.56 Å². The molecule has 2 aromatic carbocycles. The third kappa shape index (κ3) is 2.92. The monoisotopic (exact) mass is 352 g/mol. The van der Waals surface area contributed by atoms with Gasteiger partial charge < -0.3 is 0 Å². The van der Waals surface area contributed by atoms with Crippen molar-refractivity contribution in [1.29, 1.82) is 0 Å². The molecular formula is C13H6BrClF4. The van der Waals surface area contributed by atoms with E-state index in [0.717, 1.165) is 24.3 Å². The first-order valence-corrected chi connectivity index (χ1v) is 6.43. The predicted octanol–water partition coefficient (Wildman–Crippen LogP) is 5.38. The molecule has 6 heteroatoms. The van der Waals surface area contributed by atoms with Gasteiger partial charge in [0.15, 0.2) is 23.3 Å². The van der Waals surface area contributed by atoms with Gasteiger partial charge in [-0.15, -0.1) is 0 Å². The van der Waals surface area contributed by atoms with E-state index in [9.17, 15) is 17.6 Å². The maximum Gasteiger partial charge on any atom is 0.160 e. The van der Waals surface area contributed by atoms with Gasteiger partial charge in [-0.3, -0.25) is 0 Å². The van der Waals surface area contributed by atoms with Gasteiger partial charge in [-0.2, -0.15) is 0 Å². The zero-order valence-corrected chi connectivity index (χ0v) is 11.6. The van der Waals surface area contributed by atoms with Gasteiger partial charge in [-0.25, -0.2) is 17.6 Å². The summed E-state index contributed by atoms with van der Waals surface area (Å²) in [5.41, 5.74) is 0.568. The Balaban J connectivity index is 2.46. The molecule has 0 spiro atoms. The van der Waals surface area contributed by atoms with Crippen molar-refractivity contribution in [2.45, 2.75) is 4.83 Å². The molecule has 19 heavy (non-hydrogen) atoms. The SMILES string of the molecule is Fc1ccc(C(Br)c2cc(F)c(F)cc2Cl)cc1F. The minimum Gasteiger partial charge on any atom is -0.204 e. The number of hydrogen-bond donors (Lipinski definition) is 0. The summed E-state index contributed by atoms with van der Waals surface area (Å²) in [6, 6.07) is 4.99. The fourth-order valence-corrected chi connectivity index (χ4v) is 2.64. The smallest absolute Gasteiger partial charge is 0.160 e. The van der Waals surface area contributed by atoms with Crippen LogP contribution in [0.3, 0.4) is 0 Å². The second-order valence-electron chi connectivity index (χ2n) is 3.82. The van der Waals surface area contributed by atoms with Crippen LogP contribution in [0.25, 0.3) is 0 Å². The number of hydrogen-bond acceptors (Lipinski definition) is 0. The zero-order valence-electron chi connectivity index (χ0n) is 9.23. The van der Waals surface area contributed by atoms with Crippen LogP contribution in [0.15, 0.2) is 30.3 Å². The molecule has 0 radical (unpaired) electrons. The Hall–Kier alpha value is -1.07. The number of rotatable bonds is 2. The van der Waals surface area contributed by atoms with Gasteiger partial charge in [0.1, 0.15) is 0 Å². The molecule has 0 nitrogen and oxygen atoms in total. The van der Waals surface area contributed by atoms with Crippen LogP contribution in [0.4, 0.5) is 17.6 Å². The van der Waals surface area contributed by atoms with E-state index in [2.05, 4.69) is 15.9 Å². The molecule has 100 valence electrons. The second-order valence-corrected chi connectivity index (χ2v) is 5.15. The van der Waals surface area contributed by atoms with Crippen molar-refractivity contribution in [3.05, 3.63) is 69.8 Å². The number of halogens is 6. The molecule has 0 N–H and O–H groups in total. The van der Waals surface area contributed by atoms with E-state index in [1.807, 2.05) is 0 Å². The van der Waals surface area contributed by atoms with Gasteiger partial charge in [-0.05, 0) is 35.4 Å². The fourth-order valence-electron chi connectivity index (χ4n) is 1.58. The third-order valence-electron chi connectivity index (χ3n) is 2.55. The lowest BCUT2D eigenvalue weighted by atomic mass is 10.0. The van der Waals surface area contributed by atoms with Gasteiger partial charge in [0, 0.05) is 5.02 Å². The highest BCUT2D eigenvalue weighted by Gasteiger charge is 2.18. The molecular weight excluding hydrogens is 347 g/mol. The Bertz CT molecular complexity index is 630. The zero-order chi connectivity index (χ0) is 14.2. The minimum absolute atomic E-state index is 0.00879. The van der Waals surface area contributed by atoms with Crippen molar-refractivity contribution in [3.63, 3.8) is 0 Å². The van der Waals surface area contributed by atoms with E-state index >= 15 is 0 Å². The van der Waals surface area contributed by atoms with Crippen molar-refractivity contribution in [1.82, 2.24) is 0 Å². The molecule has 0 heterocycles. The highest BCUT2D eigenvalue weighted by Crippen LogP contribution is 2.36. The van der Waals surface area contributed by atoms with Crippen LogP contribution in [-0.2, 0) is 0 Å². The van der Waals surface area contributed by atoms with Crippen LogP contribution in [0, 0.1) is 23.3 Å². The molecule has 0 saturated heterocycles. The van der Waals surface area contributed by atoms with Crippen LogP contribution in [0.1, 0.15) is 16.0 Å². The first-order valence-electron chi connectivity index (χ1n) is 5.13. The molecule has 0 amide bonds. The first-order chi connectivity index (χ1) is 8.90. The summed E-state index contributed by atoms with van der Waals surface area (Å²) in [6.45, 7) is 0. The van der Waals surface area contributed by atoms with Gasteiger partial charge in [-0.1, -0.05) is 33.6 Å². The Labute approximate surface area is 120 Å². The van der Waals surface area contributed by atoms with E-state index in [-0.39, 0.29) is 10.6 Å². The lowest BCUT2D eigenvalue weighted by Gasteiger charge is -2.13. The summed E-state index contributed by atoms with van der Waals surface area (Å²) in [6.07, 6.45) is 0. The summed E-state index contributed by atoms with van der Waals surface area (Å²) >= 11 is 9.01. The Morgan fingerprint density at radius 1 is 0.842 bits per heavy atom. The number of benzene rings is 2. The summed E-state index contributed by atoms with van der Waals surface area (Å²) in [5, 5.41) is -0.00879. The second kappa shape index (κ2) is 5.51. The van der Waals surface area contributed by atoms with Crippen LogP contribution in [0.5, 0.6) is 0 Å². The average molecular weight is 354 g/mol. The van der Waals surface area contributed by atoms with Crippen molar-refractivity contribution < 1.29 is 17.6 Å². The number of alkyl halides is 1. The van der Waals surface area contributed by atoms with E-state index in [1.165, 1.54) is 6.07 Å². The van der Waals surface area contributed by atoms with Gasteiger partial charge in [0.25, 0.3) is 0 Å². The third-order valence-corrected chi connectivity index (χ3v) is 3.90. The largest absolute Gasteiger partial charge is 0.204 e. The molecule has 0 bridgehead atoms. The summed E-state index contributed by atoms with van der Waals surface area (Å²) in [4.78, 5) is -0.676. The van der Waals surface area contributed by atoms with Crippen LogP contribution in [0.2, 0.25) is 5.02 Å². The lowest BCUT2D eigenvalue weighted by Crippen LogP contribution is -1.98. The van der Waals surface area contributed by atoms with Crippen LogP contribution >= 0.6 is 27.5 Å². The molecule has 0 aliphatic rings. The Kier molecular flexibility index (Phi) is 4.16. The molecule has 0 aliphatic carbocycles. The lowest BCUT2D eigenvalue weighted by molar-refractivity contribution is 0.506. The Morgan fingerprint density at radius 2 is 1.42 bits per heavy atom. The molecule has 0 aliphatic heterocycles. The fraction of sp³-hybridized carbons (Fsp3) is 0.0769. The van der Waals surface area contributed by atoms with Crippen molar-refractivity contribution in [2.24, 2.45) is 0 Å². The molecule has 0 saturated carbocycles. The molecule has 2 aromatic rings. The van der Waals surface area contributed by atoms with Crippen LogP contribution < -0.4 is 0 Å². The Morgan fingerprint density at radius 3 is 2.05 bits per heavy atom. The maximum absolute atomic E-state index is 13.2. The van der Waals surface area contributed by atoms with Gasteiger partial charge >= 0.3 is 0 Å². The van der Waals surface area contributed by atoms with E-state index < -0.39 is 28.1 Å². The standard InChI is InChI=1S/C13H6BrClF4/c14-13(6-1-2-9(16)10(17)3-6)7-4-11(18)12(19)5-8(7)15/h1-5,13H. The maximum atomic E-state index is 13.2. The highest BCUT2D eigenvalue weighted by molar-refractivity contribution is 9.09. The normalized spacial score (nSPS) is 12.5. The van der Waals surface area contributed by atoms with Gasteiger partial charge in [0.05, 0.1) is 4.83 Å². The highest BCUT2D eigenvalue weighted by atomic mass is 79.9. The molecule has 1 unspecified atom stereocenters. The van der Waals surface area contributed by atoms with Crippen LogP contribution in [-0.4, -0.2) is 0 Å². The van der Waals surface area contributed by atoms with Crippen molar-refractivity contribution >= 4 is 27.5 Å². The quantitative estimate of drug-likeness (QED) is 0.386.